The fourth-order valence-corrected chi connectivity index (χ4v) is 4.16. The fourth-order valence-electron chi connectivity index (χ4n) is 2.69. The number of amides is 1. The third kappa shape index (κ3) is 6.31. The Morgan fingerprint density at radius 3 is 2.21 bits per heavy atom. The van der Waals surface area contributed by atoms with E-state index >= 15 is 0 Å². The third-order valence-electron chi connectivity index (χ3n) is 4.25. The van der Waals surface area contributed by atoms with Crippen molar-refractivity contribution >= 4 is 27.5 Å². The average Bonchev–Trinajstić information content (AvgIpc) is 2.66. The minimum Gasteiger partial charge on any atom is -0.394 e. The Morgan fingerprint density at radius 1 is 1.07 bits per heavy atom. The molecule has 0 aliphatic heterocycles. The lowest BCUT2D eigenvalue weighted by Crippen LogP contribution is -2.53. The number of benzene rings is 2. The van der Waals surface area contributed by atoms with Gasteiger partial charge in [0.1, 0.15) is 6.04 Å². The predicted octanol–water partition coefficient (Wildman–Crippen LogP) is 2.36. The first-order valence-corrected chi connectivity index (χ1v) is 10.8. The Bertz CT molecular complexity index is 871. The fraction of sp³-hybridized carbons (Fsp3) is 0.350. The highest BCUT2D eigenvalue weighted by atomic mass is 35.5. The first kappa shape index (κ1) is 22.4. The van der Waals surface area contributed by atoms with Crippen molar-refractivity contribution in [1.82, 2.24) is 10.0 Å². The van der Waals surface area contributed by atoms with Crippen molar-refractivity contribution in [3.63, 3.8) is 0 Å². The van der Waals surface area contributed by atoms with E-state index in [4.69, 9.17) is 11.6 Å². The summed E-state index contributed by atoms with van der Waals surface area (Å²) in [6.07, 6.45) is 0.442. The van der Waals surface area contributed by atoms with Crippen molar-refractivity contribution in [1.29, 1.82) is 0 Å². The van der Waals surface area contributed by atoms with Gasteiger partial charge in [-0.25, -0.2) is 8.42 Å². The van der Waals surface area contributed by atoms with Crippen LogP contribution < -0.4 is 10.0 Å². The largest absolute Gasteiger partial charge is 0.394 e. The maximum absolute atomic E-state index is 12.7. The molecule has 2 aromatic rings. The van der Waals surface area contributed by atoms with E-state index in [9.17, 15) is 18.3 Å². The van der Waals surface area contributed by atoms with Gasteiger partial charge in [0.05, 0.1) is 17.5 Å². The van der Waals surface area contributed by atoms with Crippen LogP contribution in [0.2, 0.25) is 5.02 Å². The van der Waals surface area contributed by atoms with Gasteiger partial charge in [-0.1, -0.05) is 55.8 Å². The zero-order valence-corrected chi connectivity index (χ0v) is 17.4. The molecule has 0 fully saturated rings. The van der Waals surface area contributed by atoms with Crippen LogP contribution in [-0.4, -0.2) is 38.1 Å². The molecule has 0 aliphatic carbocycles. The number of aliphatic hydroxyl groups excluding tert-OH is 1. The first-order valence-electron chi connectivity index (χ1n) is 8.96. The Kier molecular flexibility index (Phi) is 8.00. The maximum Gasteiger partial charge on any atom is 0.241 e. The molecule has 152 valence electrons. The molecule has 2 rings (SSSR count). The molecule has 1 amide bonds. The SMILES string of the molecule is CC(C)[C@H](NS(=O)(=O)c1ccc(Cl)cc1)C(=O)N[C@H](CO)Cc1ccccc1. The van der Waals surface area contributed by atoms with Gasteiger partial charge in [0.15, 0.2) is 0 Å². The molecule has 0 bridgehead atoms. The molecule has 2 atom stereocenters. The average molecular weight is 425 g/mol. The molecular formula is C20H25ClN2O4S. The Balaban J connectivity index is 2.11. The molecule has 8 heteroatoms. The summed E-state index contributed by atoms with van der Waals surface area (Å²) in [5, 5.41) is 12.8. The Labute approximate surface area is 171 Å². The highest BCUT2D eigenvalue weighted by Gasteiger charge is 2.29. The number of aliphatic hydroxyl groups is 1. The summed E-state index contributed by atoms with van der Waals surface area (Å²) in [5.41, 5.74) is 0.963. The second-order valence-electron chi connectivity index (χ2n) is 6.87. The molecular weight excluding hydrogens is 400 g/mol. The molecule has 0 heterocycles. The van der Waals surface area contributed by atoms with Gasteiger partial charge in [-0.05, 0) is 42.2 Å². The van der Waals surface area contributed by atoms with Gasteiger partial charge in [0.2, 0.25) is 15.9 Å². The van der Waals surface area contributed by atoms with Gasteiger partial charge in [-0.15, -0.1) is 0 Å². The van der Waals surface area contributed by atoms with Crippen LogP contribution in [0.1, 0.15) is 19.4 Å². The van der Waals surface area contributed by atoms with Crippen molar-refractivity contribution in [2.45, 2.75) is 37.2 Å². The Morgan fingerprint density at radius 2 is 1.68 bits per heavy atom. The van der Waals surface area contributed by atoms with E-state index in [1.165, 1.54) is 24.3 Å². The van der Waals surface area contributed by atoms with E-state index < -0.39 is 28.0 Å². The minimum atomic E-state index is -3.90. The molecule has 0 unspecified atom stereocenters. The van der Waals surface area contributed by atoms with E-state index in [0.29, 0.717) is 11.4 Å². The van der Waals surface area contributed by atoms with Crippen LogP contribution >= 0.6 is 11.6 Å². The van der Waals surface area contributed by atoms with Gasteiger partial charge >= 0.3 is 0 Å². The Hall–Kier alpha value is -1.93. The van der Waals surface area contributed by atoms with E-state index in [1.807, 2.05) is 30.3 Å². The molecule has 0 saturated carbocycles. The number of halogens is 1. The monoisotopic (exact) mass is 424 g/mol. The summed E-state index contributed by atoms with van der Waals surface area (Å²) < 4.78 is 27.7. The third-order valence-corrected chi connectivity index (χ3v) is 5.96. The smallest absolute Gasteiger partial charge is 0.241 e. The quantitative estimate of drug-likeness (QED) is 0.575. The normalized spacial score (nSPS) is 13.9. The molecule has 6 nitrogen and oxygen atoms in total. The van der Waals surface area contributed by atoms with Crippen LogP contribution in [0.15, 0.2) is 59.5 Å². The summed E-state index contributed by atoms with van der Waals surface area (Å²) in [6, 6.07) is 13.7. The number of rotatable bonds is 9. The van der Waals surface area contributed by atoms with E-state index in [-0.39, 0.29) is 17.4 Å². The molecule has 28 heavy (non-hydrogen) atoms. The van der Waals surface area contributed by atoms with Gasteiger partial charge in [0.25, 0.3) is 0 Å². The molecule has 2 aromatic carbocycles. The van der Waals surface area contributed by atoms with Crippen molar-refractivity contribution in [2.24, 2.45) is 5.92 Å². The van der Waals surface area contributed by atoms with Gasteiger partial charge in [-0.2, -0.15) is 4.72 Å². The summed E-state index contributed by atoms with van der Waals surface area (Å²) in [6.45, 7) is 3.24. The van der Waals surface area contributed by atoms with Crippen molar-refractivity contribution < 1.29 is 18.3 Å². The van der Waals surface area contributed by atoms with Crippen molar-refractivity contribution in [2.75, 3.05) is 6.61 Å². The summed E-state index contributed by atoms with van der Waals surface area (Å²) in [5.74, 6) is -0.777. The number of carbonyl (C=O) groups is 1. The highest BCUT2D eigenvalue weighted by molar-refractivity contribution is 7.89. The van der Waals surface area contributed by atoms with Crippen molar-refractivity contribution in [3.05, 3.63) is 65.2 Å². The first-order chi connectivity index (χ1) is 13.2. The zero-order valence-electron chi connectivity index (χ0n) is 15.8. The number of hydrogen-bond donors (Lipinski definition) is 3. The predicted molar refractivity (Wildman–Crippen MR) is 110 cm³/mol. The molecule has 0 saturated heterocycles. The van der Waals surface area contributed by atoms with Crippen LogP contribution in [0.4, 0.5) is 0 Å². The molecule has 0 radical (unpaired) electrons. The van der Waals surface area contributed by atoms with Crippen LogP contribution in [0.3, 0.4) is 0 Å². The number of hydrogen-bond acceptors (Lipinski definition) is 4. The lowest BCUT2D eigenvalue weighted by Gasteiger charge is -2.25. The zero-order chi connectivity index (χ0) is 20.7. The summed E-state index contributed by atoms with van der Waals surface area (Å²) in [7, 11) is -3.90. The van der Waals surface area contributed by atoms with Crippen molar-refractivity contribution in [3.8, 4) is 0 Å². The van der Waals surface area contributed by atoms with Gasteiger partial charge in [-0.3, -0.25) is 4.79 Å². The van der Waals surface area contributed by atoms with Gasteiger partial charge < -0.3 is 10.4 Å². The lowest BCUT2D eigenvalue weighted by atomic mass is 10.0. The van der Waals surface area contributed by atoms with Crippen LogP contribution in [0, 0.1) is 5.92 Å². The minimum absolute atomic E-state index is 0.0262. The molecule has 0 aromatic heterocycles. The topological polar surface area (TPSA) is 95.5 Å². The molecule has 3 N–H and O–H groups in total. The number of carbonyl (C=O) groups excluding carboxylic acids is 1. The van der Waals surface area contributed by atoms with Crippen LogP contribution in [0.25, 0.3) is 0 Å². The highest BCUT2D eigenvalue weighted by Crippen LogP contribution is 2.16. The maximum atomic E-state index is 12.7. The number of sulfonamides is 1. The molecule has 0 aliphatic rings. The summed E-state index contributed by atoms with van der Waals surface area (Å²) >= 11 is 5.81. The van der Waals surface area contributed by atoms with E-state index in [0.717, 1.165) is 5.56 Å². The number of nitrogens with one attached hydrogen (secondary N) is 2. The van der Waals surface area contributed by atoms with Crippen LogP contribution in [-0.2, 0) is 21.2 Å². The second-order valence-corrected chi connectivity index (χ2v) is 9.03. The van der Waals surface area contributed by atoms with Gasteiger partial charge in [0, 0.05) is 5.02 Å². The lowest BCUT2D eigenvalue weighted by molar-refractivity contribution is -0.124. The second kappa shape index (κ2) is 10.0. The van der Waals surface area contributed by atoms with E-state index in [1.54, 1.807) is 13.8 Å². The van der Waals surface area contributed by atoms with Crippen LogP contribution in [0.5, 0.6) is 0 Å². The van der Waals surface area contributed by atoms with E-state index in [2.05, 4.69) is 10.0 Å². The molecule has 0 spiro atoms. The standard InChI is InChI=1S/C20H25ClN2O4S/c1-14(2)19(23-28(26,27)18-10-8-16(21)9-11-18)20(25)22-17(13-24)12-15-6-4-3-5-7-15/h3-11,14,17,19,23-24H,12-13H2,1-2H3,(H,22,25)/t17-,19-/m0/s1. The summed E-state index contributed by atoms with van der Waals surface area (Å²) in [4.78, 5) is 12.8.